The molecule has 0 radical (unpaired) electrons. The SMILES string of the molecule is CC(Cc1cccs1)NC(=O)NCC1(C)CCCCC1O. The third kappa shape index (κ3) is 4.71. The molecule has 21 heavy (non-hydrogen) atoms. The Morgan fingerprint density at radius 2 is 2.38 bits per heavy atom. The van der Waals surface area contributed by atoms with E-state index in [-0.39, 0.29) is 23.6 Å². The van der Waals surface area contributed by atoms with Gasteiger partial charge in [0, 0.05) is 29.3 Å². The topological polar surface area (TPSA) is 61.4 Å². The number of thiophene rings is 1. The van der Waals surface area contributed by atoms with Gasteiger partial charge in [-0.25, -0.2) is 4.79 Å². The number of aliphatic hydroxyl groups is 1. The van der Waals surface area contributed by atoms with E-state index in [2.05, 4.69) is 23.6 Å². The van der Waals surface area contributed by atoms with E-state index in [1.54, 1.807) is 11.3 Å². The molecule has 0 aromatic carbocycles. The number of urea groups is 1. The summed E-state index contributed by atoms with van der Waals surface area (Å²) in [6, 6.07) is 4.07. The molecule has 1 aromatic rings. The van der Waals surface area contributed by atoms with Gasteiger partial charge in [-0.15, -0.1) is 11.3 Å². The van der Waals surface area contributed by atoms with Crippen LogP contribution in [-0.4, -0.2) is 29.8 Å². The van der Waals surface area contributed by atoms with Gasteiger partial charge in [-0.3, -0.25) is 0 Å². The molecule has 0 aliphatic heterocycles. The Morgan fingerprint density at radius 1 is 1.57 bits per heavy atom. The summed E-state index contributed by atoms with van der Waals surface area (Å²) in [5, 5.41) is 18.1. The highest BCUT2D eigenvalue weighted by Crippen LogP contribution is 2.35. The van der Waals surface area contributed by atoms with E-state index >= 15 is 0 Å². The van der Waals surface area contributed by atoms with Crippen LogP contribution in [0.2, 0.25) is 0 Å². The minimum absolute atomic E-state index is 0.104. The number of hydrogen-bond acceptors (Lipinski definition) is 3. The minimum atomic E-state index is -0.310. The summed E-state index contributed by atoms with van der Waals surface area (Å²) in [5.41, 5.74) is -0.188. The molecule has 1 fully saturated rings. The number of hydrogen-bond donors (Lipinski definition) is 3. The zero-order valence-corrected chi connectivity index (χ0v) is 13.7. The molecule has 0 spiro atoms. The highest BCUT2D eigenvalue weighted by molar-refractivity contribution is 7.09. The van der Waals surface area contributed by atoms with Crippen LogP contribution in [0, 0.1) is 5.41 Å². The fraction of sp³-hybridized carbons (Fsp3) is 0.688. The summed E-state index contributed by atoms with van der Waals surface area (Å²) in [6.07, 6.45) is 4.57. The van der Waals surface area contributed by atoms with Gasteiger partial charge >= 0.3 is 6.03 Å². The highest BCUT2D eigenvalue weighted by atomic mass is 32.1. The first-order valence-electron chi connectivity index (χ1n) is 7.74. The largest absolute Gasteiger partial charge is 0.392 e. The second-order valence-electron chi connectivity index (χ2n) is 6.43. The maximum absolute atomic E-state index is 12.0. The molecule has 3 N–H and O–H groups in total. The van der Waals surface area contributed by atoms with E-state index in [0.29, 0.717) is 6.54 Å². The number of aliphatic hydroxyl groups excluding tert-OH is 1. The summed E-state index contributed by atoms with van der Waals surface area (Å²) in [7, 11) is 0. The molecule has 1 saturated carbocycles. The van der Waals surface area contributed by atoms with Gasteiger partial charge < -0.3 is 15.7 Å². The lowest BCUT2D eigenvalue weighted by Crippen LogP contribution is -2.49. The summed E-state index contributed by atoms with van der Waals surface area (Å²) >= 11 is 1.71. The Bertz CT molecular complexity index is 449. The lowest BCUT2D eigenvalue weighted by molar-refractivity contribution is 0.00306. The van der Waals surface area contributed by atoms with E-state index in [0.717, 1.165) is 32.1 Å². The number of rotatable bonds is 5. The van der Waals surface area contributed by atoms with Gasteiger partial charge in [-0.1, -0.05) is 25.8 Å². The van der Waals surface area contributed by atoms with Crippen molar-refractivity contribution >= 4 is 17.4 Å². The van der Waals surface area contributed by atoms with Crippen LogP contribution < -0.4 is 10.6 Å². The third-order valence-electron chi connectivity index (χ3n) is 4.40. The lowest BCUT2D eigenvalue weighted by Gasteiger charge is -2.38. The minimum Gasteiger partial charge on any atom is -0.392 e. The average molecular weight is 310 g/mol. The van der Waals surface area contributed by atoms with Crippen LogP contribution in [0.1, 0.15) is 44.4 Å². The zero-order valence-electron chi connectivity index (χ0n) is 12.9. The van der Waals surface area contributed by atoms with Gasteiger partial charge in [0.1, 0.15) is 0 Å². The highest BCUT2D eigenvalue weighted by Gasteiger charge is 2.35. The van der Waals surface area contributed by atoms with E-state index < -0.39 is 0 Å². The molecule has 1 aromatic heterocycles. The van der Waals surface area contributed by atoms with Gasteiger partial charge in [0.25, 0.3) is 0 Å². The predicted octanol–water partition coefficient (Wildman–Crippen LogP) is 2.92. The fourth-order valence-electron chi connectivity index (χ4n) is 2.93. The molecule has 2 amide bonds. The quantitative estimate of drug-likeness (QED) is 0.783. The maximum atomic E-state index is 12.0. The monoisotopic (exact) mass is 310 g/mol. The van der Waals surface area contributed by atoms with Crippen LogP contribution in [-0.2, 0) is 6.42 Å². The van der Waals surface area contributed by atoms with Crippen molar-refractivity contribution in [2.45, 2.75) is 58.1 Å². The molecule has 2 rings (SSSR count). The first kappa shape index (κ1) is 16.3. The van der Waals surface area contributed by atoms with Crippen LogP contribution in [0.3, 0.4) is 0 Å². The van der Waals surface area contributed by atoms with Crippen LogP contribution in [0.5, 0.6) is 0 Å². The fourth-order valence-corrected chi connectivity index (χ4v) is 3.76. The normalized spacial score (nSPS) is 27.1. The summed E-state index contributed by atoms with van der Waals surface area (Å²) < 4.78 is 0. The van der Waals surface area contributed by atoms with Crippen LogP contribution in [0.4, 0.5) is 4.79 Å². The van der Waals surface area contributed by atoms with Crippen LogP contribution in [0.15, 0.2) is 17.5 Å². The van der Waals surface area contributed by atoms with E-state index in [4.69, 9.17) is 0 Å². The predicted molar refractivity (Wildman–Crippen MR) is 86.6 cm³/mol. The first-order valence-corrected chi connectivity index (χ1v) is 8.62. The Kier molecular flexibility index (Phi) is 5.65. The zero-order chi connectivity index (χ0) is 15.3. The molecule has 3 atom stereocenters. The maximum Gasteiger partial charge on any atom is 0.315 e. The van der Waals surface area contributed by atoms with Crippen molar-refractivity contribution < 1.29 is 9.90 Å². The first-order chi connectivity index (χ1) is 9.99. The van der Waals surface area contributed by atoms with Crippen molar-refractivity contribution in [3.63, 3.8) is 0 Å². The van der Waals surface area contributed by atoms with Crippen LogP contribution in [0.25, 0.3) is 0 Å². The van der Waals surface area contributed by atoms with E-state index in [1.807, 2.05) is 18.4 Å². The number of nitrogens with one attached hydrogen (secondary N) is 2. The van der Waals surface area contributed by atoms with Gasteiger partial charge in [0.2, 0.25) is 0 Å². The molecule has 118 valence electrons. The van der Waals surface area contributed by atoms with Gasteiger partial charge in [0.15, 0.2) is 0 Å². The van der Waals surface area contributed by atoms with Crippen molar-refractivity contribution in [3.05, 3.63) is 22.4 Å². The average Bonchev–Trinajstić information content (AvgIpc) is 2.93. The molecule has 1 aliphatic carbocycles. The van der Waals surface area contributed by atoms with Crippen molar-refractivity contribution in [1.29, 1.82) is 0 Å². The van der Waals surface area contributed by atoms with Gasteiger partial charge in [-0.05, 0) is 31.2 Å². The van der Waals surface area contributed by atoms with Crippen molar-refractivity contribution in [2.24, 2.45) is 5.41 Å². The van der Waals surface area contributed by atoms with Crippen molar-refractivity contribution in [1.82, 2.24) is 10.6 Å². The Morgan fingerprint density at radius 3 is 3.05 bits per heavy atom. The molecule has 3 unspecified atom stereocenters. The number of carbonyl (C=O) groups excluding carboxylic acids is 1. The van der Waals surface area contributed by atoms with Gasteiger partial charge in [-0.2, -0.15) is 0 Å². The Hall–Kier alpha value is -1.07. The molecule has 4 nitrogen and oxygen atoms in total. The van der Waals surface area contributed by atoms with E-state index in [9.17, 15) is 9.90 Å². The molecular weight excluding hydrogens is 284 g/mol. The molecule has 0 bridgehead atoms. The Labute approximate surface area is 131 Å². The van der Waals surface area contributed by atoms with Crippen molar-refractivity contribution in [2.75, 3.05) is 6.54 Å². The molecular formula is C16H26N2O2S. The smallest absolute Gasteiger partial charge is 0.315 e. The molecule has 1 heterocycles. The number of carbonyl (C=O) groups is 1. The summed E-state index contributed by atoms with van der Waals surface area (Å²) in [5.74, 6) is 0. The molecule has 1 aliphatic rings. The third-order valence-corrected chi connectivity index (χ3v) is 5.30. The Balaban J connectivity index is 1.74. The van der Waals surface area contributed by atoms with Crippen molar-refractivity contribution in [3.8, 4) is 0 Å². The van der Waals surface area contributed by atoms with E-state index in [1.165, 1.54) is 4.88 Å². The number of amides is 2. The van der Waals surface area contributed by atoms with Crippen LogP contribution >= 0.6 is 11.3 Å². The lowest BCUT2D eigenvalue weighted by atomic mass is 9.73. The second kappa shape index (κ2) is 7.27. The molecule has 5 heteroatoms. The van der Waals surface area contributed by atoms with Gasteiger partial charge in [0.05, 0.1) is 6.10 Å². The summed E-state index contributed by atoms with van der Waals surface area (Å²) in [6.45, 7) is 4.61. The second-order valence-corrected chi connectivity index (χ2v) is 7.46. The standard InChI is InChI=1S/C16H26N2O2S/c1-12(10-13-6-5-9-21-13)18-15(20)17-11-16(2)8-4-3-7-14(16)19/h5-6,9,12,14,19H,3-4,7-8,10-11H2,1-2H3,(H2,17,18,20). The molecule has 0 saturated heterocycles. The summed E-state index contributed by atoms with van der Waals surface area (Å²) in [4.78, 5) is 13.2.